The summed E-state index contributed by atoms with van der Waals surface area (Å²) in [7, 11) is 0. The zero-order chi connectivity index (χ0) is 18.9. The molecule has 4 aromatic carbocycles. The Balaban J connectivity index is 1.83. The van der Waals surface area contributed by atoms with Gasteiger partial charge in [-0.05, 0) is 46.5 Å². The van der Waals surface area contributed by atoms with Crippen LogP contribution < -0.4 is 0 Å². The maximum atomic E-state index is 2.41. The van der Waals surface area contributed by atoms with Gasteiger partial charge in [-0.15, -0.1) is 0 Å². The quantitative estimate of drug-likeness (QED) is 0.301. The zero-order valence-electron chi connectivity index (χ0n) is 16.1. The Labute approximate surface area is 164 Å². The molecule has 5 aromatic rings. The monoisotopic (exact) mass is 359 g/mol. The van der Waals surface area contributed by atoms with E-state index in [0.717, 1.165) is 0 Å². The Morgan fingerprint density at radius 1 is 0.607 bits per heavy atom. The Bertz CT molecular complexity index is 1370. The summed E-state index contributed by atoms with van der Waals surface area (Å²) < 4.78 is 2.41. The van der Waals surface area contributed by atoms with E-state index >= 15 is 0 Å². The second-order valence-corrected chi connectivity index (χ2v) is 8.24. The topological polar surface area (TPSA) is 4.93 Å². The third kappa shape index (κ3) is 1.86. The molecule has 134 valence electrons. The van der Waals surface area contributed by atoms with Crippen LogP contribution in [0.15, 0.2) is 91.0 Å². The van der Waals surface area contributed by atoms with Crippen LogP contribution in [-0.2, 0) is 5.41 Å². The molecule has 0 atom stereocenters. The summed E-state index contributed by atoms with van der Waals surface area (Å²) in [5.74, 6) is 0. The highest BCUT2D eigenvalue weighted by Crippen LogP contribution is 2.53. The third-order valence-electron chi connectivity index (χ3n) is 6.37. The molecule has 0 radical (unpaired) electrons. The lowest BCUT2D eigenvalue weighted by Gasteiger charge is -2.22. The van der Waals surface area contributed by atoms with E-state index in [0.29, 0.717) is 0 Å². The highest BCUT2D eigenvalue weighted by Gasteiger charge is 2.37. The van der Waals surface area contributed by atoms with Crippen molar-refractivity contribution in [3.05, 3.63) is 102 Å². The summed E-state index contributed by atoms with van der Waals surface area (Å²) >= 11 is 0. The van der Waals surface area contributed by atoms with E-state index in [9.17, 15) is 0 Å². The predicted octanol–water partition coefficient (Wildman–Crippen LogP) is 7.09. The first kappa shape index (κ1) is 15.7. The van der Waals surface area contributed by atoms with Crippen molar-refractivity contribution in [3.63, 3.8) is 0 Å². The normalized spacial score (nSPS) is 14.4. The van der Waals surface area contributed by atoms with Gasteiger partial charge in [0.2, 0.25) is 0 Å². The molecule has 1 aliphatic carbocycles. The number of fused-ring (bicyclic) bond motifs is 7. The summed E-state index contributed by atoms with van der Waals surface area (Å²) in [6.07, 6.45) is 0. The van der Waals surface area contributed by atoms with Gasteiger partial charge in [0.05, 0.1) is 11.0 Å². The van der Waals surface area contributed by atoms with Crippen molar-refractivity contribution < 1.29 is 0 Å². The van der Waals surface area contributed by atoms with Gasteiger partial charge in [0.25, 0.3) is 0 Å². The first-order valence-corrected chi connectivity index (χ1v) is 9.90. The second-order valence-electron chi connectivity index (χ2n) is 8.24. The van der Waals surface area contributed by atoms with Crippen molar-refractivity contribution in [1.29, 1.82) is 0 Å². The number of benzene rings is 4. The fraction of sp³-hybridized carbons (Fsp3) is 0.111. The molecule has 1 heterocycles. The van der Waals surface area contributed by atoms with Gasteiger partial charge in [0.15, 0.2) is 0 Å². The summed E-state index contributed by atoms with van der Waals surface area (Å²) in [6.45, 7) is 4.73. The highest BCUT2D eigenvalue weighted by molar-refractivity contribution is 6.14. The van der Waals surface area contributed by atoms with Crippen LogP contribution in [-0.4, -0.2) is 4.57 Å². The molecule has 0 amide bonds. The molecular formula is C27H21N. The van der Waals surface area contributed by atoms with E-state index in [4.69, 9.17) is 0 Å². The number of rotatable bonds is 1. The van der Waals surface area contributed by atoms with Crippen molar-refractivity contribution in [3.8, 4) is 16.8 Å². The zero-order valence-corrected chi connectivity index (χ0v) is 16.1. The van der Waals surface area contributed by atoms with Crippen molar-refractivity contribution in [1.82, 2.24) is 4.57 Å². The fourth-order valence-electron chi connectivity index (χ4n) is 5.19. The minimum atomic E-state index is -0.0168. The Hall–Kier alpha value is -3.32. The van der Waals surface area contributed by atoms with Crippen molar-refractivity contribution in [2.24, 2.45) is 0 Å². The minimum absolute atomic E-state index is 0.0168. The van der Waals surface area contributed by atoms with Crippen LogP contribution in [0, 0.1) is 0 Å². The van der Waals surface area contributed by atoms with Crippen LogP contribution in [0.5, 0.6) is 0 Å². The molecule has 6 rings (SSSR count). The SMILES string of the molecule is CC1(C)c2ccccc2-c2ccc3c(c21)c1ccccc1n3-c1ccccc1. The number of hydrogen-bond acceptors (Lipinski definition) is 0. The van der Waals surface area contributed by atoms with Crippen molar-refractivity contribution in [2.75, 3.05) is 0 Å². The number of aromatic nitrogens is 1. The maximum Gasteiger partial charge on any atom is 0.0544 e. The van der Waals surface area contributed by atoms with Crippen LogP contribution in [0.1, 0.15) is 25.0 Å². The Kier molecular flexibility index (Phi) is 3.01. The van der Waals surface area contributed by atoms with Crippen molar-refractivity contribution in [2.45, 2.75) is 19.3 Å². The molecule has 0 bridgehead atoms. The summed E-state index contributed by atoms with van der Waals surface area (Å²) in [6, 6.07) is 33.0. The lowest BCUT2D eigenvalue weighted by Crippen LogP contribution is -2.15. The molecule has 28 heavy (non-hydrogen) atoms. The summed E-state index contributed by atoms with van der Waals surface area (Å²) in [4.78, 5) is 0. The highest BCUT2D eigenvalue weighted by atomic mass is 15.0. The first-order chi connectivity index (χ1) is 13.7. The predicted molar refractivity (Wildman–Crippen MR) is 118 cm³/mol. The van der Waals surface area contributed by atoms with Crippen LogP contribution in [0.4, 0.5) is 0 Å². The lowest BCUT2D eigenvalue weighted by atomic mass is 9.80. The van der Waals surface area contributed by atoms with E-state index in [-0.39, 0.29) is 5.41 Å². The van der Waals surface area contributed by atoms with Crippen LogP contribution in [0.3, 0.4) is 0 Å². The van der Waals surface area contributed by atoms with Gasteiger partial charge >= 0.3 is 0 Å². The molecular weight excluding hydrogens is 338 g/mol. The molecule has 1 heteroatoms. The van der Waals surface area contributed by atoms with Gasteiger partial charge < -0.3 is 4.57 Å². The Morgan fingerprint density at radius 2 is 1.32 bits per heavy atom. The van der Waals surface area contributed by atoms with E-state index in [2.05, 4.69) is 109 Å². The molecule has 0 fully saturated rings. The number of nitrogens with zero attached hydrogens (tertiary/aromatic N) is 1. The molecule has 0 spiro atoms. The number of para-hydroxylation sites is 2. The van der Waals surface area contributed by atoms with E-state index < -0.39 is 0 Å². The second kappa shape index (κ2) is 5.36. The van der Waals surface area contributed by atoms with E-state index in [1.54, 1.807) is 0 Å². The van der Waals surface area contributed by atoms with Gasteiger partial charge in [-0.25, -0.2) is 0 Å². The molecule has 1 nitrogen and oxygen atoms in total. The average Bonchev–Trinajstić information content (AvgIpc) is 3.19. The van der Waals surface area contributed by atoms with Crippen molar-refractivity contribution >= 4 is 21.8 Å². The molecule has 0 saturated heterocycles. The molecule has 0 aliphatic heterocycles. The molecule has 0 unspecified atom stereocenters. The standard InChI is InChI=1S/C27H21N/c1-27(2)22-14-8-6-12-19(22)20-16-17-24-25(26(20)27)21-13-7-9-15-23(21)28(24)18-10-4-3-5-11-18/h3-17H,1-2H3. The van der Waals surface area contributed by atoms with E-state index in [1.165, 1.54) is 49.7 Å². The molecule has 1 aliphatic rings. The summed E-state index contributed by atoms with van der Waals surface area (Å²) in [5, 5.41) is 2.72. The molecule has 0 saturated carbocycles. The smallest absolute Gasteiger partial charge is 0.0544 e. The Morgan fingerprint density at radius 3 is 2.18 bits per heavy atom. The van der Waals surface area contributed by atoms with Gasteiger partial charge in [-0.3, -0.25) is 0 Å². The third-order valence-corrected chi connectivity index (χ3v) is 6.37. The number of hydrogen-bond donors (Lipinski definition) is 0. The molecule has 1 aromatic heterocycles. The van der Waals surface area contributed by atoms with Gasteiger partial charge in [0.1, 0.15) is 0 Å². The lowest BCUT2D eigenvalue weighted by molar-refractivity contribution is 0.666. The van der Waals surface area contributed by atoms with E-state index in [1.807, 2.05) is 0 Å². The summed E-state index contributed by atoms with van der Waals surface area (Å²) in [5.41, 5.74) is 9.38. The van der Waals surface area contributed by atoms with Gasteiger partial charge in [0, 0.05) is 21.9 Å². The van der Waals surface area contributed by atoms with Crippen LogP contribution in [0.2, 0.25) is 0 Å². The maximum absolute atomic E-state index is 2.41. The van der Waals surface area contributed by atoms with Gasteiger partial charge in [-0.2, -0.15) is 0 Å². The molecule has 0 N–H and O–H groups in total. The minimum Gasteiger partial charge on any atom is -0.309 e. The van der Waals surface area contributed by atoms with Crippen LogP contribution >= 0.6 is 0 Å². The average molecular weight is 359 g/mol. The van der Waals surface area contributed by atoms with Gasteiger partial charge in [-0.1, -0.05) is 80.6 Å². The first-order valence-electron chi connectivity index (χ1n) is 9.90. The largest absolute Gasteiger partial charge is 0.309 e. The fourth-order valence-corrected chi connectivity index (χ4v) is 5.19. The van der Waals surface area contributed by atoms with Crippen LogP contribution in [0.25, 0.3) is 38.6 Å².